The molecule has 0 atom stereocenters. The quantitative estimate of drug-likeness (QED) is 0.104. The van der Waals surface area contributed by atoms with Crippen molar-refractivity contribution < 1.29 is 27.9 Å². The molecule has 3 aliphatic rings. The number of nitrogens with one attached hydrogen (secondary N) is 1. The molecule has 1 aromatic rings. The second kappa shape index (κ2) is 21.9. The zero-order valence-electron chi connectivity index (χ0n) is 28.7. The lowest BCUT2D eigenvalue weighted by atomic mass is 9.99. The molecule has 0 bridgehead atoms. The molecule has 48 heavy (non-hydrogen) atoms. The molecular formula is C37H58Cl2F3N2O3P. The van der Waals surface area contributed by atoms with Crippen molar-refractivity contribution in [2.45, 2.75) is 145 Å². The maximum Gasteiger partial charge on any atom is 0.430 e. The summed E-state index contributed by atoms with van der Waals surface area (Å²) in [5.41, 5.74) is 5.59. The number of nitrogens with zero attached hydrogens (tertiary/aromatic N) is 1. The zero-order valence-corrected chi connectivity index (χ0v) is 31.1. The first-order valence-electron chi connectivity index (χ1n) is 18.5. The number of amides is 1. The first kappa shape index (κ1) is 41.2. The van der Waals surface area contributed by atoms with Crippen LogP contribution in [0.2, 0.25) is 0 Å². The van der Waals surface area contributed by atoms with Gasteiger partial charge in [-0.3, -0.25) is 4.79 Å². The van der Waals surface area contributed by atoms with Crippen molar-refractivity contribution >= 4 is 48.0 Å². The molecule has 274 valence electrons. The molecular weight excluding hydrogens is 679 g/mol. The first-order chi connectivity index (χ1) is 23.1. The second-order valence-electron chi connectivity index (χ2n) is 14.0. The lowest BCUT2D eigenvalue weighted by molar-refractivity contribution is -0.344. The highest BCUT2D eigenvalue weighted by Crippen LogP contribution is 2.77. The number of benzene rings is 1. The van der Waals surface area contributed by atoms with E-state index in [1.54, 1.807) is 0 Å². The number of halogens is 5. The largest absolute Gasteiger partial charge is 0.542 e. The highest BCUT2D eigenvalue weighted by atomic mass is 35.5. The second-order valence-corrected chi connectivity index (χ2v) is 19.4. The van der Waals surface area contributed by atoms with Crippen molar-refractivity contribution in [3.63, 3.8) is 0 Å². The van der Waals surface area contributed by atoms with Gasteiger partial charge in [0.25, 0.3) is 0 Å². The van der Waals surface area contributed by atoms with Crippen LogP contribution in [0, 0.1) is 0 Å². The molecule has 5 nitrogen and oxygen atoms in total. The van der Waals surface area contributed by atoms with E-state index in [9.17, 15) is 18.0 Å². The van der Waals surface area contributed by atoms with E-state index in [1.807, 2.05) is 0 Å². The van der Waals surface area contributed by atoms with Gasteiger partial charge in [0.1, 0.15) is 5.97 Å². The molecule has 3 aliphatic carbocycles. The fourth-order valence-electron chi connectivity index (χ4n) is 8.70. The maximum absolute atomic E-state index is 12.8. The van der Waals surface area contributed by atoms with Crippen LogP contribution >= 0.6 is 30.5 Å². The van der Waals surface area contributed by atoms with Gasteiger partial charge in [0.2, 0.25) is 5.91 Å². The number of hydrogen-bond acceptors (Lipinski definition) is 4. The Kier molecular flexibility index (Phi) is 18.8. The molecule has 1 N–H and O–H groups in total. The number of rotatable bonds is 16. The van der Waals surface area contributed by atoms with Gasteiger partial charge < -0.3 is 20.1 Å². The summed E-state index contributed by atoms with van der Waals surface area (Å²) in [6, 6.07) is 8.70. The average molecular weight is 738 g/mol. The Labute approximate surface area is 297 Å². The molecule has 0 heterocycles. The lowest BCUT2D eigenvalue weighted by Crippen LogP contribution is -2.38. The molecule has 4 rings (SSSR count). The number of alkyl halides is 5. The smallest absolute Gasteiger partial charge is 0.430 e. The van der Waals surface area contributed by atoms with E-state index in [2.05, 4.69) is 34.5 Å². The minimum Gasteiger partial charge on any atom is -0.542 e. The highest BCUT2D eigenvalue weighted by Gasteiger charge is 2.56. The molecule has 0 aliphatic heterocycles. The van der Waals surface area contributed by atoms with Gasteiger partial charge in [-0.1, -0.05) is 31.4 Å². The predicted octanol–water partition coefficient (Wildman–Crippen LogP) is 9.11. The third kappa shape index (κ3) is 13.1. The molecule has 1 aromatic carbocycles. The number of carbonyl (C=O) groups excluding carboxylic acids is 2. The van der Waals surface area contributed by atoms with Crippen molar-refractivity contribution in [3.05, 3.63) is 29.8 Å². The van der Waals surface area contributed by atoms with Crippen LogP contribution in [0.15, 0.2) is 24.3 Å². The fraction of sp³-hybridized carbons (Fsp3) is 0.784. The van der Waals surface area contributed by atoms with Crippen molar-refractivity contribution in [3.8, 4) is 0 Å². The molecule has 1 amide bonds. The van der Waals surface area contributed by atoms with Crippen LogP contribution in [0.25, 0.3) is 0 Å². The molecule has 0 unspecified atom stereocenters. The zero-order chi connectivity index (χ0) is 34.8. The average Bonchev–Trinajstić information content (AvgIpc) is 3.10. The molecule has 0 radical (unpaired) electrons. The number of aryl methyl sites for hydroxylation is 1. The van der Waals surface area contributed by atoms with Crippen LogP contribution in [0.3, 0.4) is 0 Å². The van der Waals surface area contributed by atoms with Crippen LogP contribution in [0.5, 0.6) is 0 Å². The van der Waals surface area contributed by atoms with Crippen molar-refractivity contribution in [1.29, 1.82) is 0 Å². The lowest BCUT2D eigenvalue weighted by Gasteiger charge is -2.49. The first-order valence-corrected chi connectivity index (χ1v) is 21.7. The van der Waals surface area contributed by atoms with Gasteiger partial charge >= 0.3 is 6.18 Å². The number of carboxylic acids is 1. The van der Waals surface area contributed by atoms with Crippen molar-refractivity contribution in [1.82, 2.24) is 5.32 Å². The van der Waals surface area contributed by atoms with Gasteiger partial charge in [0.05, 0.1) is 23.1 Å². The third-order valence-corrected chi connectivity index (χ3v) is 18.0. The number of aliphatic carboxylic acids is 1. The van der Waals surface area contributed by atoms with Gasteiger partial charge in [-0.2, -0.15) is 13.2 Å². The standard InChI is InChI=1S/C35H57Cl2N2OP.C2HF3O2/c36-24-27-39(28-25-37)31-22-20-30(21-23-31)12-10-19-35(40)38-26-11-29-41(32-13-4-1-5-14-32,33-15-6-2-7-16-33)34-17-8-3-9-18-34;3-2(4,5)1(6)7/h20-23,32-34H,1-19,24-29H2;(H,6,7). The molecule has 0 saturated heterocycles. The van der Waals surface area contributed by atoms with Gasteiger partial charge in [-0.15, -0.1) is 23.2 Å². The van der Waals surface area contributed by atoms with E-state index >= 15 is 0 Å². The molecule has 0 aromatic heterocycles. The Morgan fingerprint density at radius 2 is 1.21 bits per heavy atom. The summed E-state index contributed by atoms with van der Waals surface area (Å²) >= 11 is 11.9. The van der Waals surface area contributed by atoms with Gasteiger partial charge in [0.15, 0.2) is 0 Å². The summed E-state index contributed by atoms with van der Waals surface area (Å²) in [4.78, 5) is 23.8. The Balaban J connectivity index is 0.000000804. The highest BCUT2D eigenvalue weighted by molar-refractivity contribution is 7.77. The van der Waals surface area contributed by atoms with E-state index in [0.29, 0.717) is 18.2 Å². The molecule has 0 spiro atoms. The van der Waals surface area contributed by atoms with Crippen LogP contribution in [0.1, 0.15) is 121 Å². The fourth-order valence-corrected chi connectivity index (χ4v) is 16.7. The molecule has 3 saturated carbocycles. The summed E-state index contributed by atoms with van der Waals surface area (Å²) in [5, 5.41) is 12.1. The summed E-state index contributed by atoms with van der Waals surface area (Å²) in [7, 11) is -1.03. The number of carbonyl (C=O) groups is 2. The summed E-state index contributed by atoms with van der Waals surface area (Å²) in [6.45, 7) is 2.50. The minimum atomic E-state index is -5.19. The van der Waals surface area contributed by atoms with Gasteiger partial charge in [-0.05, 0) is 114 Å². The van der Waals surface area contributed by atoms with Crippen LogP contribution in [-0.4, -0.2) is 72.6 Å². The monoisotopic (exact) mass is 736 g/mol. The summed E-state index contributed by atoms with van der Waals surface area (Å²) < 4.78 is 31.5. The number of carboxylic acid groups (broad SMARTS) is 1. The van der Waals surface area contributed by atoms with E-state index in [-0.39, 0.29) is 5.91 Å². The number of anilines is 1. The van der Waals surface area contributed by atoms with Crippen molar-refractivity contribution in [2.24, 2.45) is 0 Å². The Bertz CT molecular complexity index is 1010. The Morgan fingerprint density at radius 3 is 1.60 bits per heavy atom. The minimum absolute atomic E-state index is 0.244. The van der Waals surface area contributed by atoms with E-state index in [0.717, 1.165) is 49.5 Å². The van der Waals surface area contributed by atoms with Crippen LogP contribution in [0.4, 0.5) is 18.9 Å². The molecule has 3 fully saturated rings. The van der Waals surface area contributed by atoms with Gasteiger partial charge in [0, 0.05) is 50.8 Å². The van der Waals surface area contributed by atoms with E-state index in [4.69, 9.17) is 33.1 Å². The third-order valence-electron chi connectivity index (χ3n) is 10.9. The number of hydrogen-bond donors (Lipinski definition) is 1. The summed E-state index contributed by atoms with van der Waals surface area (Å²) in [6.07, 6.45) is 22.3. The summed E-state index contributed by atoms with van der Waals surface area (Å²) in [5.74, 6) is -1.57. The topological polar surface area (TPSA) is 72.5 Å². The Morgan fingerprint density at radius 1 is 0.771 bits per heavy atom. The SMILES string of the molecule is O=C(CCCc1ccc(N(CCCl)CCCl)cc1)NCCC[P+](C1CCCCC1)(C1CCCCC1)C1CCCCC1.O=C([O-])C(F)(F)F. The normalized spacial score (nSPS) is 18.5. The maximum atomic E-state index is 12.8. The predicted molar refractivity (Wildman–Crippen MR) is 194 cm³/mol. The van der Waals surface area contributed by atoms with E-state index < -0.39 is 19.4 Å². The van der Waals surface area contributed by atoms with Crippen LogP contribution < -0.4 is 15.3 Å². The van der Waals surface area contributed by atoms with Gasteiger partial charge in [-0.25, -0.2) is 0 Å². The van der Waals surface area contributed by atoms with Crippen molar-refractivity contribution in [2.75, 3.05) is 42.5 Å². The van der Waals surface area contributed by atoms with Crippen LogP contribution in [-0.2, 0) is 16.0 Å². The molecule has 11 heteroatoms. The Hall–Kier alpha value is -1.24. The van der Waals surface area contributed by atoms with E-state index in [1.165, 1.54) is 120 Å².